The number of nitrogen functional groups attached to an aromatic ring is 1. The molecule has 0 amide bonds. The molecule has 6 heteroatoms. The topological polar surface area (TPSA) is 70.5 Å². The second-order valence-corrected chi connectivity index (χ2v) is 7.99. The molecule has 0 bridgehead atoms. The van der Waals surface area contributed by atoms with Crippen molar-refractivity contribution < 1.29 is 13.9 Å². The van der Waals surface area contributed by atoms with Crippen LogP contribution in [0.5, 0.6) is 11.5 Å². The summed E-state index contributed by atoms with van der Waals surface area (Å²) in [5.41, 5.74) is 10.9. The van der Waals surface area contributed by atoms with E-state index in [1.165, 1.54) is 0 Å². The predicted molar refractivity (Wildman–Crippen MR) is 124 cm³/mol. The summed E-state index contributed by atoms with van der Waals surface area (Å²) in [5.74, 6) is 1.91. The summed E-state index contributed by atoms with van der Waals surface area (Å²) in [6.45, 7) is 0.393. The molecule has 0 radical (unpaired) electrons. The zero-order valence-electron chi connectivity index (χ0n) is 16.9. The highest BCUT2D eigenvalue weighted by Gasteiger charge is 2.20. The predicted octanol–water partition coefficient (Wildman–Crippen LogP) is 6.39. The average molecular weight is 429 g/mol. The number of hydrogen-bond acceptors (Lipinski definition) is 6. The van der Waals surface area contributed by atoms with E-state index < -0.39 is 0 Å². The summed E-state index contributed by atoms with van der Waals surface area (Å²) >= 11 is 1.62. The number of methoxy groups -OCH3 is 1. The van der Waals surface area contributed by atoms with E-state index in [0.29, 0.717) is 18.1 Å². The lowest BCUT2D eigenvalue weighted by Crippen LogP contribution is -1.97. The van der Waals surface area contributed by atoms with Gasteiger partial charge in [-0.25, -0.2) is 0 Å². The SMILES string of the molecule is COc1ccc(-c2cc(OCc3cccnc3)c3c(-c4cccs4)c(N)oc3c2)cc1. The number of pyridine rings is 1. The second kappa shape index (κ2) is 8.16. The fourth-order valence-electron chi connectivity index (χ4n) is 3.58. The minimum Gasteiger partial charge on any atom is -0.497 e. The Morgan fingerprint density at radius 3 is 2.61 bits per heavy atom. The number of fused-ring (bicyclic) bond motifs is 1. The van der Waals surface area contributed by atoms with Crippen LogP contribution in [0.4, 0.5) is 5.88 Å². The van der Waals surface area contributed by atoms with Crippen LogP contribution in [0, 0.1) is 0 Å². The van der Waals surface area contributed by atoms with Crippen molar-refractivity contribution in [1.82, 2.24) is 4.98 Å². The largest absolute Gasteiger partial charge is 0.497 e. The number of rotatable bonds is 6. The van der Waals surface area contributed by atoms with Gasteiger partial charge < -0.3 is 19.6 Å². The van der Waals surface area contributed by atoms with Crippen LogP contribution in [0.1, 0.15) is 5.56 Å². The molecule has 0 aliphatic carbocycles. The van der Waals surface area contributed by atoms with Crippen LogP contribution in [-0.4, -0.2) is 12.1 Å². The van der Waals surface area contributed by atoms with E-state index >= 15 is 0 Å². The summed E-state index contributed by atoms with van der Waals surface area (Å²) in [6.07, 6.45) is 3.55. The molecule has 0 unspecified atom stereocenters. The van der Waals surface area contributed by atoms with E-state index in [0.717, 1.165) is 44.0 Å². The summed E-state index contributed by atoms with van der Waals surface area (Å²) in [5, 5.41) is 2.90. The van der Waals surface area contributed by atoms with Crippen LogP contribution in [-0.2, 0) is 6.61 Å². The minimum atomic E-state index is 0.385. The highest BCUT2D eigenvalue weighted by molar-refractivity contribution is 7.13. The average Bonchev–Trinajstić information content (AvgIpc) is 3.45. The molecule has 2 aromatic carbocycles. The quantitative estimate of drug-likeness (QED) is 0.339. The molecule has 3 aromatic heterocycles. The number of anilines is 1. The van der Waals surface area contributed by atoms with Crippen LogP contribution in [0.15, 0.2) is 82.9 Å². The lowest BCUT2D eigenvalue weighted by Gasteiger charge is -2.11. The van der Waals surface area contributed by atoms with Crippen molar-refractivity contribution in [1.29, 1.82) is 0 Å². The van der Waals surface area contributed by atoms with Crippen molar-refractivity contribution in [3.8, 4) is 33.1 Å². The Morgan fingerprint density at radius 2 is 1.90 bits per heavy atom. The van der Waals surface area contributed by atoms with Gasteiger partial charge in [0.05, 0.1) is 18.1 Å². The van der Waals surface area contributed by atoms with Gasteiger partial charge in [-0.1, -0.05) is 24.3 Å². The molecule has 31 heavy (non-hydrogen) atoms. The summed E-state index contributed by atoms with van der Waals surface area (Å²) in [4.78, 5) is 5.22. The van der Waals surface area contributed by atoms with Crippen molar-refractivity contribution in [2.24, 2.45) is 0 Å². The zero-order valence-corrected chi connectivity index (χ0v) is 17.7. The van der Waals surface area contributed by atoms with E-state index in [4.69, 9.17) is 19.6 Å². The molecule has 0 saturated heterocycles. The molecule has 3 heterocycles. The van der Waals surface area contributed by atoms with E-state index in [2.05, 4.69) is 4.98 Å². The molecular formula is C25H20N2O3S. The highest BCUT2D eigenvalue weighted by Crippen LogP contribution is 2.45. The molecule has 154 valence electrons. The van der Waals surface area contributed by atoms with Crippen LogP contribution in [0.3, 0.4) is 0 Å². The van der Waals surface area contributed by atoms with E-state index in [1.54, 1.807) is 30.8 Å². The van der Waals surface area contributed by atoms with Gasteiger partial charge >= 0.3 is 0 Å². The van der Waals surface area contributed by atoms with Crippen LogP contribution >= 0.6 is 11.3 Å². The fraction of sp³-hybridized carbons (Fsp3) is 0.0800. The summed E-state index contributed by atoms with van der Waals surface area (Å²) in [6, 6.07) is 19.8. The third-order valence-electron chi connectivity index (χ3n) is 5.09. The second-order valence-electron chi connectivity index (χ2n) is 7.04. The number of thiophene rings is 1. The molecule has 0 fully saturated rings. The lowest BCUT2D eigenvalue weighted by molar-refractivity contribution is 0.309. The minimum absolute atomic E-state index is 0.385. The van der Waals surface area contributed by atoms with Crippen molar-refractivity contribution in [2.75, 3.05) is 12.8 Å². The molecule has 5 rings (SSSR count). The fourth-order valence-corrected chi connectivity index (χ4v) is 4.36. The van der Waals surface area contributed by atoms with Gasteiger partial charge in [-0.15, -0.1) is 11.3 Å². The number of aromatic nitrogens is 1. The maximum atomic E-state index is 6.31. The van der Waals surface area contributed by atoms with Gasteiger partial charge in [0.15, 0.2) is 0 Å². The van der Waals surface area contributed by atoms with Crippen LogP contribution in [0.2, 0.25) is 0 Å². The molecule has 0 aliphatic heterocycles. The first kappa shape index (κ1) is 19.2. The first-order valence-electron chi connectivity index (χ1n) is 9.79. The van der Waals surface area contributed by atoms with Gasteiger partial charge in [0.1, 0.15) is 23.7 Å². The highest BCUT2D eigenvalue weighted by atomic mass is 32.1. The van der Waals surface area contributed by atoms with Crippen LogP contribution in [0.25, 0.3) is 32.5 Å². The third kappa shape index (κ3) is 3.73. The molecule has 2 N–H and O–H groups in total. The monoisotopic (exact) mass is 428 g/mol. The third-order valence-corrected chi connectivity index (χ3v) is 5.98. The number of ether oxygens (including phenoxy) is 2. The zero-order chi connectivity index (χ0) is 21.2. The normalized spacial score (nSPS) is 11.0. The van der Waals surface area contributed by atoms with Gasteiger partial charge in [-0.2, -0.15) is 0 Å². The first-order valence-corrected chi connectivity index (χ1v) is 10.7. The molecule has 0 atom stereocenters. The molecule has 0 aliphatic rings. The number of benzene rings is 2. The number of nitrogens with zero attached hydrogens (tertiary/aromatic N) is 1. The molecule has 0 saturated carbocycles. The molecule has 0 spiro atoms. The van der Waals surface area contributed by atoms with Crippen molar-refractivity contribution in [3.05, 3.63) is 84.0 Å². The summed E-state index contributed by atoms with van der Waals surface area (Å²) in [7, 11) is 1.66. The van der Waals surface area contributed by atoms with Crippen LogP contribution < -0.4 is 15.2 Å². The van der Waals surface area contributed by atoms with E-state index in [9.17, 15) is 0 Å². The first-order chi connectivity index (χ1) is 15.2. The Labute approximate surface area is 183 Å². The van der Waals surface area contributed by atoms with Gasteiger partial charge in [0, 0.05) is 22.8 Å². The van der Waals surface area contributed by atoms with Crippen molar-refractivity contribution >= 4 is 28.2 Å². The Kier molecular flexibility index (Phi) is 5.06. The number of nitrogens with two attached hydrogens (primary N) is 1. The summed E-state index contributed by atoms with van der Waals surface area (Å²) < 4.78 is 17.6. The smallest absolute Gasteiger partial charge is 0.200 e. The van der Waals surface area contributed by atoms with Gasteiger partial charge in [-0.3, -0.25) is 4.98 Å². The molecule has 5 nitrogen and oxygen atoms in total. The van der Waals surface area contributed by atoms with E-state index in [-0.39, 0.29) is 0 Å². The maximum absolute atomic E-state index is 6.31. The van der Waals surface area contributed by atoms with Gasteiger partial charge in [0.25, 0.3) is 0 Å². The van der Waals surface area contributed by atoms with E-state index in [1.807, 2.05) is 66.0 Å². The Morgan fingerprint density at radius 1 is 1.03 bits per heavy atom. The standard InChI is InChI=1S/C25H20N2O3S/c1-28-19-8-6-17(7-9-19)18-12-20(29-15-16-4-2-10-27-14-16)23-21(13-18)30-25(26)24(23)22-5-3-11-31-22/h2-14H,15,26H2,1H3. The lowest BCUT2D eigenvalue weighted by atomic mass is 10.0. The Hall–Kier alpha value is -3.77. The number of furan rings is 1. The van der Waals surface area contributed by atoms with Gasteiger partial charge in [0.2, 0.25) is 5.88 Å². The van der Waals surface area contributed by atoms with Crippen molar-refractivity contribution in [3.63, 3.8) is 0 Å². The van der Waals surface area contributed by atoms with Gasteiger partial charge in [-0.05, 0) is 52.9 Å². The Bertz CT molecular complexity index is 1310. The Balaban J connectivity index is 1.65. The molecular weight excluding hydrogens is 408 g/mol. The maximum Gasteiger partial charge on any atom is 0.200 e. The van der Waals surface area contributed by atoms with Crippen molar-refractivity contribution in [2.45, 2.75) is 6.61 Å². The molecule has 5 aromatic rings. The number of hydrogen-bond donors (Lipinski definition) is 1.